The first-order chi connectivity index (χ1) is 7.20. The average molecular weight is 230 g/mol. The van der Waals surface area contributed by atoms with Gasteiger partial charge in [-0.2, -0.15) is 0 Å². The van der Waals surface area contributed by atoms with Crippen LogP contribution in [0.2, 0.25) is 0 Å². The number of epoxide rings is 1. The van der Waals surface area contributed by atoms with Gasteiger partial charge >= 0.3 is 0 Å². The zero-order chi connectivity index (χ0) is 10.8. The second kappa shape index (κ2) is 4.40. The molecule has 0 aromatic carbocycles. The molecular weight excluding hydrogens is 216 g/mol. The van der Waals surface area contributed by atoms with Gasteiger partial charge in [0, 0.05) is 19.2 Å². The lowest BCUT2D eigenvalue weighted by Gasteiger charge is -2.17. The lowest BCUT2D eigenvalue weighted by molar-refractivity contribution is -0.122. The zero-order valence-corrected chi connectivity index (χ0v) is 9.30. The van der Waals surface area contributed by atoms with Crippen molar-refractivity contribution in [2.24, 2.45) is 0 Å². The second-order valence-electron chi connectivity index (χ2n) is 3.62. The van der Waals surface area contributed by atoms with Gasteiger partial charge in [-0.25, -0.2) is 0 Å². The van der Waals surface area contributed by atoms with E-state index in [1.807, 2.05) is 0 Å². The third-order valence-corrected chi connectivity index (χ3v) is 3.78. The fourth-order valence-electron chi connectivity index (χ4n) is 1.56. The van der Waals surface area contributed by atoms with Crippen molar-refractivity contribution >= 4 is 23.6 Å². The minimum Gasteiger partial charge on any atom is -0.359 e. The number of carbonyl (C=O) groups is 2. The molecule has 2 aliphatic rings. The molecule has 0 saturated carbocycles. The summed E-state index contributed by atoms with van der Waals surface area (Å²) >= 11 is 1.53. The Morgan fingerprint density at radius 2 is 2.53 bits per heavy atom. The Morgan fingerprint density at radius 1 is 1.73 bits per heavy atom. The maximum atomic E-state index is 11.5. The molecule has 2 heterocycles. The van der Waals surface area contributed by atoms with Crippen LogP contribution in [-0.4, -0.2) is 42.2 Å². The van der Waals surface area contributed by atoms with Crippen LogP contribution in [0.1, 0.15) is 12.8 Å². The van der Waals surface area contributed by atoms with Gasteiger partial charge in [-0.1, -0.05) is 0 Å². The van der Waals surface area contributed by atoms with Gasteiger partial charge in [0.15, 0.2) is 6.23 Å². The monoisotopic (exact) mass is 230 g/mol. The van der Waals surface area contributed by atoms with Crippen molar-refractivity contribution in [2.45, 2.75) is 30.4 Å². The third kappa shape index (κ3) is 2.63. The molecule has 0 radical (unpaired) electrons. The molecule has 0 spiro atoms. The van der Waals surface area contributed by atoms with Gasteiger partial charge in [-0.3, -0.25) is 9.59 Å². The SMILES string of the molecule is CNC(=O)CCSC1CC2OC2NC1=O. The van der Waals surface area contributed by atoms with Crippen molar-refractivity contribution in [3.05, 3.63) is 0 Å². The number of fused-ring (bicyclic) bond motifs is 1. The van der Waals surface area contributed by atoms with Crippen molar-refractivity contribution in [1.82, 2.24) is 10.6 Å². The summed E-state index contributed by atoms with van der Waals surface area (Å²) in [5.41, 5.74) is 0. The van der Waals surface area contributed by atoms with Crippen molar-refractivity contribution in [3.8, 4) is 0 Å². The number of carbonyl (C=O) groups excluding carboxylic acids is 2. The van der Waals surface area contributed by atoms with Crippen LogP contribution in [0.3, 0.4) is 0 Å². The van der Waals surface area contributed by atoms with Crippen molar-refractivity contribution < 1.29 is 14.3 Å². The summed E-state index contributed by atoms with van der Waals surface area (Å²) in [5.74, 6) is 0.727. The summed E-state index contributed by atoms with van der Waals surface area (Å²) in [5, 5.41) is 5.27. The quantitative estimate of drug-likeness (QED) is 0.637. The normalized spacial score (nSPS) is 32.9. The number of piperidine rings is 1. The maximum Gasteiger partial charge on any atom is 0.235 e. The van der Waals surface area contributed by atoms with E-state index in [-0.39, 0.29) is 29.4 Å². The fraction of sp³-hybridized carbons (Fsp3) is 0.778. The van der Waals surface area contributed by atoms with E-state index in [0.717, 1.165) is 6.42 Å². The van der Waals surface area contributed by atoms with E-state index < -0.39 is 0 Å². The smallest absolute Gasteiger partial charge is 0.235 e. The van der Waals surface area contributed by atoms with Crippen LogP contribution in [0, 0.1) is 0 Å². The molecule has 2 aliphatic heterocycles. The van der Waals surface area contributed by atoms with Gasteiger partial charge in [0.1, 0.15) is 6.10 Å². The van der Waals surface area contributed by atoms with Crippen LogP contribution in [0.5, 0.6) is 0 Å². The lowest BCUT2D eigenvalue weighted by atomic mass is 10.1. The molecule has 2 N–H and O–H groups in total. The molecule has 2 rings (SSSR count). The van der Waals surface area contributed by atoms with E-state index in [1.54, 1.807) is 7.05 Å². The van der Waals surface area contributed by atoms with Crippen molar-refractivity contribution in [2.75, 3.05) is 12.8 Å². The van der Waals surface area contributed by atoms with E-state index in [1.165, 1.54) is 11.8 Å². The van der Waals surface area contributed by atoms with Gasteiger partial charge < -0.3 is 15.4 Å². The number of ether oxygens (including phenoxy) is 1. The summed E-state index contributed by atoms with van der Waals surface area (Å²) in [6, 6.07) is 0. The largest absolute Gasteiger partial charge is 0.359 e. The summed E-state index contributed by atoms with van der Waals surface area (Å²) < 4.78 is 5.20. The number of rotatable bonds is 4. The highest BCUT2D eigenvalue weighted by molar-refractivity contribution is 8.00. The summed E-state index contributed by atoms with van der Waals surface area (Å²) in [4.78, 5) is 22.4. The summed E-state index contributed by atoms with van der Waals surface area (Å²) in [7, 11) is 1.61. The summed E-state index contributed by atoms with van der Waals surface area (Å²) in [6.45, 7) is 0. The predicted octanol–water partition coefficient (Wildman–Crippen LogP) is -0.531. The van der Waals surface area contributed by atoms with Gasteiger partial charge in [-0.15, -0.1) is 11.8 Å². The lowest BCUT2D eigenvalue weighted by Crippen LogP contribution is -2.41. The summed E-state index contributed by atoms with van der Waals surface area (Å²) in [6.07, 6.45) is 1.41. The highest BCUT2D eigenvalue weighted by Gasteiger charge is 2.47. The molecule has 0 aromatic rings. The van der Waals surface area contributed by atoms with Crippen molar-refractivity contribution in [1.29, 1.82) is 0 Å². The van der Waals surface area contributed by atoms with Gasteiger partial charge in [0.05, 0.1) is 5.25 Å². The molecule has 6 heteroatoms. The Bertz CT molecular complexity index is 285. The van der Waals surface area contributed by atoms with Crippen LogP contribution in [-0.2, 0) is 14.3 Å². The Kier molecular flexibility index (Phi) is 3.16. The van der Waals surface area contributed by atoms with Crippen molar-refractivity contribution in [3.63, 3.8) is 0 Å². The van der Waals surface area contributed by atoms with Gasteiger partial charge in [-0.05, 0) is 6.42 Å². The van der Waals surface area contributed by atoms with E-state index in [2.05, 4.69) is 10.6 Å². The Morgan fingerprint density at radius 3 is 3.27 bits per heavy atom. The molecule has 2 fully saturated rings. The van der Waals surface area contributed by atoms with E-state index in [4.69, 9.17) is 4.74 Å². The molecule has 3 atom stereocenters. The molecule has 0 aliphatic carbocycles. The fourth-order valence-corrected chi connectivity index (χ4v) is 2.70. The highest BCUT2D eigenvalue weighted by atomic mass is 32.2. The number of amides is 2. The Hall–Kier alpha value is -0.750. The molecule has 0 bridgehead atoms. The van der Waals surface area contributed by atoms with Crippen LogP contribution < -0.4 is 10.6 Å². The van der Waals surface area contributed by atoms with Crippen LogP contribution >= 0.6 is 11.8 Å². The average Bonchev–Trinajstić information content (AvgIpc) is 2.95. The molecule has 2 amide bonds. The molecule has 15 heavy (non-hydrogen) atoms. The molecule has 84 valence electrons. The van der Waals surface area contributed by atoms with E-state index >= 15 is 0 Å². The topological polar surface area (TPSA) is 70.7 Å². The van der Waals surface area contributed by atoms with E-state index in [9.17, 15) is 9.59 Å². The molecule has 0 aromatic heterocycles. The third-order valence-electron chi connectivity index (χ3n) is 2.53. The Labute approximate surface area is 92.3 Å². The molecule has 2 saturated heterocycles. The standard InChI is InChI=1S/C9H14N2O3S/c1-10-7(12)2-3-15-6-4-5-9(14-5)11-8(6)13/h5-6,9H,2-4H2,1H3,(H,10,12)(H,11,13). The molecule has 3 unspecified atom stereocenters. The minimum atomic E-state index is -0.0570. The highest BCUT2D eigenvalue weighted by Crippen LogP contribution is 2.33. The van der Waals surface area contributed by atoms with Crippen LogP contribution in [0.15, 0.2) is 0 Å². The van der Waals surface area contributed by atoms with E-state index in [0.29, 0.717) is 12.2 Å². The predicted molar refractivity (Wildman–Crippen MR) is 56.4 cm³/mol. The second-order valence-corrected chi connectivity index (χ2v) is 4.93. The first-order valence-corrected chi connectivity index (χ1v) is 6.03. The first-order valence-electron chi connectivity index (χ1n) is 4.98. The first kappa shape index (κ1) is 10.8. The number of hydrogen-bond acceptors (Lipinski definition) is 4. The number of thioether (sulfide) groups is 1. The van der Waals surface area contributed by atoms with Crippen LogP contribution in [0.25, 0.3) is 0 Å². The number of nitrogens with one attached hydrogen (secondary N) is 2. The van der Waals surface area contributed by atoms with Gasteiger partial charge in [0.2, 0.25) is 11.8 Å². The van der Waals surface area contributed by atoms with Gasteiger partial charge in [0.25, 0.3) is 0 Å². The molecular formula is C9H14N2O3S. The Balaban J connectivity index is 1.69. The molecule has 5 nitrogen and oxygen atoms in total. The number of hydrogen-bond donors (Lipinski definition) is 2. The van der Waals surface area contributed by atoms with Crippen LogP contribution in [0.4, 0.5) is 0 Å². The maximum absolute atomic E-state index is 11.5. The zero-order valence-electron chi connectivity index (χ0n) is 8.49. The minimum absolute atomic E-state index is 0.0132.